The average molecular weight is 169 g/mol. The third-order valence-corrected chi connectivity index (χ3v) is 3.04. The Hall–Kier alpha value is -0.370. The topological polar surface area (TPSA) is 20.3 Å². The predicted molar refractivity (Wildman–Crippen MR) is 50.2 cm³/mol. The fourth-order valence-corrected chi connectivity index (χ4v) is 1.59. The van der Waals surface area contributed by atoms with Gasteiger partial charge >= 0.3 is 0 Å². The van der Waals surface area contributed by atoms with E-state index in [-0.39, 0.29) is 5.54 Å². The summed E-state index contributed by atoms with van der Waals surface area (Å²) < 4.78 is 0. The van der Waals surface area contributed by atoms with Crippen LogP contribution in [0.5, 0.6) is 0 Å². The summed E-state index contributed by atoms with van der Waals surface area (Å²) in [5.41, 5.74) is 0.278. The molecule has 70 valence electrons. The normalized spacial score (nSPS) is 21.4. The molecule has 0 amide bonds. The second-order valence-corrected chi connectivity index (χ2v) is 4.19. The van der Waals surface area contributed by atoms with E-state index in [1.54, 1.807) is 0 Å². The monoisotopic (exact) mass is 169 g/mol. The molecule has 1 fully saturated rings. The van der Waals surface area contributed by atoms with Crippen LogP contribution in [-0.2, 0) is 4.79 Å². The molecule has 0 atom stereocenters. The fourth-order valence-electron chi connectivity index (χ4n) is 1.59. The summed E-state index contributed by atoms with van der Waals surface area (Å²) >= 11 is 0. The Kier molecular flexibility index (Phi) is 2.89. The first-order valence-corrected chi connectivity index (χ1v) is 4.83. The summed E-state index contributed by atoms with van der Waals surface area (Å²) in [4.78, 5) is 13.4. The van der Waals surface area contributed by atoms with Crippen LogP contribution in [-0.4, -0.2) is 29.3 Å². The van der Waals surface area contributed by atoms with E-state index in [4.69, 9.17) is 0 Å². The lowest BCUT2D eigenvalue weighted by molar-refractivity contribution is -0.122. The smallest absolute Gasteiger partial charge is 0.135 e. The summed E-state index contributed by atoms with van der Waals surface area (Å²) in [6.07, 6.45) is 2.66. The highest BCUT2D eigenvalue weighted by Gasteiger charge is 2.27. The second-order valence-electron chi connectivity index (χ2n) is 4.19. The van der Waals surface area contributed by atoms with Crippen molar-refractivity contribution < 1.29 is 4.79 Å². The molecule has 12 heavy (non-hydrogen) atoms. The van der Waals surface area contributed by atoms with Crippen LogP contribution in [0.15, 0.2) is 0 Å². The van der Waals surface area contributed by atoms with E-state index < -0.39 is 0 Å². The minimum absolute atomic E-state index is 0.278. The standard InChI is InChI=1S/C10H19NO/c1-4-10(2,3)11-7-5-9(12)6-8-11/h4-8H2,1-3H3. The Labute approximate surface area is 74.9 Å². The number of ketones is 1. The zero-order valence-electron chi connectivity index (χ0n) is 8.39. The third-order valence-electron chi connectivity index (χ3n) is 3.04. The lowest BCUT2D eigenvalue weighted by Gasteiger charge is -2.40. The van der Waals surface area contributed by atoms with E-state index in [0.29, 0.717) is 5.78 Å². The molecule has 1 heterocycles. The highest BCUT2D eigenvalue weighted by atomic mass is 16.1. The van der Waals surface area contributed by atoms with Gasteiger partial charge in [0.25, 0.3) is 0 Å². The van der Waals surface area contributed by atoms with Crippen LogP contribution < -0.4 is 0 Å². The Morgan fingerprint density at radius 2 is 1.83 bits per heavy atom. The molecular weight excluding hydrogens is 150 g/mol. The van der Waals surface area contributed by atoms with Gasteiger partial charge in [-0.3, -0.25) is 9.69 Å². The van der Waals surface area contributed by atoms with Crippen molar-refractivity contribution in [1.29, 1.82) is 0 Å². The van der Waals surface area contributed by atoms with Gasteiger partial charge in [0.15, 0.2) is 0 Å². The first-order valence-electron chi connectivity index (χ1n) is 4.83. The van der Waals surface area contributed by atoms with Gasteiger partial charge in [0, 0.05) is 31.5 Å². The van der Waals surface area contributed by atoms with Gasteiger partial charge in [0.05, 0.1) is 0 Å². The third kappa shape index (κ3) is 2.07. The molecule has 1 saturated heterocycles. The van der Waals surface area contributed by atoms with Crippen molar-refractivity contribution in [3.63, 3.8) is 0 Å². The molecule has 0 aromatic rings. The van der Waals surface area contributed by atoms with Gasteiger partial charge in [-0.15, -0.1) is 0 Å². The number of piperidine rings is 1. The van der Waals surface area contributed by atoms with E-state index in [1.807, 2.05) is 0 Å². The van der Waals surface area contributed by atoms with Crippen LogP contribution in [0.25, 0.3) is 0 Å². The molecule has 2 heteroatoms. The van der Waals surface area contributed by atoms with E-state index in [1.165, 1.54) is 0 Å². The second kappa shape index (κ2) is 3.56. The number of rotatable bonds is 2. The van der Waals surface area contributed by atoms with Crippen molar-refractivity contribution >= 4 is 5.78 Å². The largest absolute Gasteiger partial charge is 0.300 e. The molecule has 0 aromatic carbocycles. The van der Waals surface area contributed by atoms with Crippen molar-refractivity contribution in [1.82, 2.24) is 4.90 Å². The van der Waals surface area contributed by atoms with Crippen molar-refractivity contribution in [3.05, 3.63) is 0 Å². The van der Waals surface area contributed by atoms with Crippen LogP contribution in [0, 0.1) is 0 Å². The summed E-state index contributed by atoms with van der Waals surface area (Å²) in [6.45, 7) is 8.63. The van der Waals surface area contributed by atoms with Crippen molar-refractivity contribution in [2.45, 2.75) is 45.6 Å². The van der Waals surface area contributed by atoms with E-state index in [9.17, 15) is 4.79 Å². The van der Waals surface area contributed by atoms with E-state index in [2.05, 4.69) is 25.7 Å². The molecule has 1 aliphatic heterocycles. The number of carbonyl (C=O) groups excluding carboxylic acids is 1. The van der Waals surface area contributed by atoms with Gasteiger partial charge in [0.2, 0.25) is 0 Å². The molecule has 2 nitrogen and oxygen atoms in total. The highest BCUT2D eigenvalue weighted by Crippen LogP contribution is 2.21. The molecule has 0 N–H and O–H groups in total. The molecule has 0 aliphatic carbocycles. The maximum absolute atomic E-state index is 11.0. The number of Topliss-reactive ketones (excluding diaryl/α,β-unsaturated/α-hetero) is 1. The summed E-state index contributed by atoms with van der Waals surface area (Å²) in [5, 5.41) is 0. The quantitative estimate of drug-likeness (QED) is 0.628. The SMILES string of the molecule is CCC(C)(C)N1CCC(=O)CC1. The molecule has 0 aromatic heterocycles. The molecule has 1 rings (SSSR count). The first-order chi connectivity index (χ1) is 5.56. The van der Waals surface area contributed by atoms with Crippen LogP contribution >= 0.6 is 0 Å². The molecule has 0 radical (unpaired) electrons. The minimum atomic E-state index is 0.278. The molecule has 0 saturated carbocycles. The lowest BCUT2D eigenvalue weighted by atomic mass is 9.96. The zero-order valence-corrected chi connectivity index (χ0v) is 8.39. The van der Waals surface area contributed by atoms with Crippen molar-refractivity contribution in [2.24, 2.45) is 0 Å². The first kappa shape index (κ1) is 9.72. The summed E-state index contributed by atoms with van der Waals surface area (Å²) in [5.74, 6) is 0.429. The number of carbonyl (C=O) groups is 1. The number of likely N-dealkylation sites (tertiary alicyclic amines) is 1. The van der Waals surface area contributed by atoms with Gasteiger partial charge in [-0.25, -0.2) is 0 Å². The molecule has 0 spiro atoms. The van der Waals surface area contributed by atoms with Crippen molar-refractivity contribution in [3.8, 4) is 0 Å². The predicted octanol–water partition coefficient (Wildman–Crippen LogP) is 1.84. The van der Waals surface area contributed by atoms with Crippen LogP contribution in [0.3, 0.4) is 0 Å². The molecular formula is C10H19NO. The van der Waals surface area contributed by atoms with Gasteiger partial charge < -0.3 is 0 Å². The Bertz CT molecular complexity index is 165. The Morgan fingerprint density at radius 3 is 2.25 bits per heavy atom. The maximum atomic E-state index is 11.0. The zero-order chi connectivity index (χ0) is 9.19. The average Bonchev–Trinajstić information content (AvgIpc) is 2.05. The molecule has 1 aliphatic rings. The summed E-state index contributed by atoms with van der Waals surface area (Å²) in [7, 11) is 0. The number of hydrogen-bond acceptors (Lipinski definition) is 2. The van der Waals surface area contributed by atoms with Gasteiger partial charge in [-0.05, 0) is 20.3 Å². The highest BCUT2D eigenvalue weighted by molar-refractivity contribution is 5.79. The Balaban J connectivity index is 2.49. The fraction of sp³-hybridized carbons (Fsp3) is 0.900. The van der Waals surface area contributed by atoms with Gasteiger partial charge in [-0.1, -0.05) is 6.92 Å². The van der Waals surface area contributed by atoms with Gasteiger partial charge in [-0.2, -0.15) is 0 Å². The number of hydrogen-bond donors (Lipinski definition) is 0. The lowest BCUT2D eigenvalue weighted by Crippen LogP contribution is -2.47. The van der Waals surface area contributed by atoms with Crippen LogP contribution in [0.2, 0.25) is 0 Å². The Morgan fingerprint density at radius 1 is 1.33 bits per heavy atom. The van der Waals surface area contributed by atoms with E-state index in [0.717, 1.165) is 32.4 Å². The van der Waals surface area contributed by atoms with Crippen molar-refractivity contribution in [2.75, 3.05) is 13.1 Å². The molecule has 0 unspecified atom stereocenters. The van der Waals surface area contributed by atoms with Crippen LogP contribution in [0.4, 0.5) is 0 Å². The minimum Gasteiger partial charge on any atom is -0.300 e. The van der Waals surface area contributed by atoms with Gasteiger partial charge in [0.1, 0.15) is 5.78 Å². The number of nitrogens with zero attached hydrogens (tertiary/aromatic N) is 1. The maximum Gasteiger partial charge on any atom is 0.135 e. The summed E-state index contributed by atoms with van der Waals surface area (Å²) in [6, 6.07) is 0. The van der Waals surface area contributed by atoms with Crippen LogP contribution in [0.1, 0.15) is 40.0 Å². The molecule has 0 bridgehead atoms. The van der Waals surface area contributed by atoms with E-state index >= 15 is 0 Å².